The normalized spacial score (nSPS) is 14.3. The first-order valence-electron chi connectivity index (χ1n) is 33.0. The van der Waals surface area contributed by atoms with E-state index in [1.807, 2.05) is 0 Å². The molecule has 0 aliphatic rings. The van der Waals surface area contributed by atoms with Gasteiger partial charge in [0.2, 0.25) is 0 Å². The second kappa shape index (κ2) is 30.0. The van der Waals surface area contributed by atoms with Crippen molar-refractivity contribution in [2.45, 2.75) is 160 Å². The summed E-state index contributed by atoms with van der Waals surface area (Å²) in [5, 5.41) is 8.46. The van der Waals surface area contributed by atoms with Crippen LogP contribution < -0.4 is 41.5 Å². The summed E-state index contributed by atoms with van der Waals surface area (Å²) in [6.07, 6.45) is 2.61. The van der Waals surface area contributed by atoms with Crippen molar-refractivity contribution in [3.63, 3.8) is 0 Å². The van der Waals surface area contributed by atoms with E-state index in [2.05, 4.69) is 362 Å². The summed E-state index contributed by atoms with van der Waals surface area (Å²) in [5.41, 5.74) is 1.14. The van der Waals surface area contributed by atoms with Crippen LogP contribution in [-0.2, 0) is 29.0 Å². The second-order valence-electron chi connectivity index (χ2n) is 28.8. The molecule has 0 aliphatic heterocycles. The largest absolute Gasteiger partial charge is 0.404 e. The zero-order valence-corrected chi connectivity index (χ0v) is 60.4. The number of hydrogen-bond donors (Lipinski definition) is 0. The topological polar surface area (TPSA) is 46.2 Å². The van der Waals surface area contributed by atoms with E-state index >= 15 is 0 Å². The van der Waals surface area contributed by atoms with Gasteiger partial charge in [-0.3, -0.25) is 0 Å². The minimum atomic E-state index is -3.34. The fraction of sp³-hybridized carbons (Fsp3) is 0.317. The molecular weight excluding hydrogens is 1180 g/mol. The van der Waals surface area contributed by atoms with E-state index in [0.717, 1.165) is 5.56 Å². The Labute approximate surface area is 551 Å². The zero-order valence-electron chi connectivity index (χ0n) is 56.4. The van der Waals surface area contributed by atoms with Gasteiger partial charge in [-0.15, -0.1) is 6.58 Å². The molecule has 9 aromatic carbocycles. The maximum atomic E-state index is 8.75. The molecule has 9 rings (SSSR count). The minimum absolute atomic E-state index is 0.297. The van der Waals surface area contributed by atoms with Crippen molar-refractivity contribution in [1.29, 1.82) is 0 Å². The maximum Gasteiger partial charge on any atom is 0.261 e. The van der Waals surface area contributed by atoms with Gasteiger partial charge >= 0.3 is 0 Å². The van der Waals surface area contributed by atoms with E-state index in [1.54, 1.807) is 0 Å². The van der Waals surface area contributed by atoms with Crippen LogP contribution >= 0.6 is 0 Å². The van der Waals surface area contributed by atoms with Crippen LogP contribution in [0.2, 0.25) is 20.2 Å². The fourth-order valence-corrected chi connectivity index (χ4v) is 33.2. The number of rotatable bonds is 28. The van der Waals surface area contributed by atoms with Crippen molar-refractivity contribution in [3.8, 4) is 0 Å². The molecule has 0 saturated carbocycles. The molecule has 0 aliphatic carbocycles. The lowest BCUT2D eigenvalue weighted by atomic mass is 10.0. The Morgan fingerprint density at radius 2 is 0.516 bits per heavy atom. The van der Waals surface area contributed by atoms with Crippen molar-refractivity contribution < 1.29 is 22.4 Å². The Bertz CT molecular complexity index is 3430. The van der Waals surface area contributed by atoms with Crippen molar-refractivity contribution in [2.24, 2.45) is 0 Å². The summed E-state index contributed by atoms with van der Waals surface area (Å²) < 4.78 is 40.9. The highest BCUT2D eigenvalue weighted by molar-refractivity contribution is 7.01. The van der Waals surface area contributed by atoms with Gasteiger partial charge in [0.1, 0.15) is 0 Å². The van der Waals surface area contributed by atoms with Gasteiger partial charge in [0.05, 0.1) is 31.0 Å². The molecule has 0 saturated heterocycles. The average molecular weight is 1280 g/mol. The third-order valence-electron chi connectivity index (χ3n) is 18.5. The van der Waals surface area contributed by atoms with Crippen LogP contribution in [0.4, 0.5) is 0 Å². The molecule has 5 nitrogen and oxygen atoms in total. The molecule has 0 heterocycles. The van der Waals surface area contributed by atoms with E-state index in [-0.39, 0.29) is 26.3 Å². The zero-order chi connectivity index (χ0) is 64.8. The molecule has 9 aromatic rings. The summed E-state index contributed by atoms with van der Waals surface area (Å²) >= 11 is 0. The van der Waals surface area contributed by atoms with E-state index < -0.39 is 51.6 Å². The molecule has 0 unspecified atom stereocenters. The van der Waals surface area contributed by atoms with E-state index in [4.69, 9.17) is 29.0 Å². The Hall–Kier alpha value is -6.61. The van der Waals surface area contributed by atoms with Crippen molar-refractivity contribution in [1.82, 2.24) is 0 Å². The molecule has 0 radical (unpaired) electrons. The van der Waals surface area contributed by atoms with Crippen molar-refractivity contribution >= 4 is 74.8 Å². The van der Waals surface area contributed by atoms with E-state index in [9.17, 15) is 0 Å². The van der Waals surface area contributed by atoms with Gasteiger partial charge in [0, 0.05) is 13.0 Å². The Kier molecular flexibility index (Phi) is 22.7. The van der Waals surface area contributed by atoms with Crippen LogP contribution in [0.25, 0.3) is 0 Å². The fourth-order valence-electron chi connectivity index (χ4n) is 14.4. The Morgan fingerprint density at radius 3 is 0.769 bits per heavy atom. The van der Waals surface area contributed by atoms with Crippen LogP contribution in [0.1, 0.15) is 114 Å². The quantitative estimate of drug-likeness (QED) is 0.0278. The summed E-state index contributed by atoms with van der Waals surface area (Å²) in [7, 11) is -13.0. The highest BCUT2D eigenvalue weighted by atomic mass is 28.4. The monoisotopic (exact) mass is 1280 g/mol. The molecule has 0 fully saturated rings. The van der Waals surface area contributed by atoms with Crippen LogP contribution in [0.5, 0.6) is 0 Å². The standard InChI is InChI=1S/C82H100O5Si4/c1-14-67(84-88(79(2,3)4,71-44-26-16-27-45-71)72-46-28-17-29-47-72)62-69(86-90(81(8,9)10,75-52-34-20-35-53-75)76-54-36-21-37-55-76)64-70(87-91(82(11,12)13,77-56-38-22-39-57-77)78-58-40-23-41-59-78)63-68(60-61-83-65-66-42-24-15-25-43-66)85-89(80(5,6)7,73-48-30-18-31-49-73)74-50-32-19-33-51-74/h14-59,67-70H,1,60-65H2,2-13H3/t67-,68-,69+,70+/m0/s1. The van der Waals surface area contributed by atoms with Gasteiger partial charge in [0.15, 0.2) is 0 Å². The SMILES string of the molecule is C=C[C@@H](C[C@H](C[C@@H](C[C@H](CCOCc1ccccc1)O[Si](c1ccccc1)(c1ccccc1)C(C)(C)C)O[Si](c1ccccc1)(c1ccccc1)C(C)(C)C)O[Si](c1ccccc1)(c1ccccc1)C(C)(C)C)O[Si](c1ccccc1)(c1ccccc1)C(C)(C)C. The molecule has 0 aromatic heterocycles. The van der Waals surface area contributed by atoms with E-state index in [0.29, 0.717) is 38.9 Å². The summed E-state index contributed by atoms with van der Waals surface area (Å²) in [6.45, 7) is 34.3. The average Bonchev–Trinajstić information content (AvgIpc) is 0.770. The highest BCUT2D eigenvalue weighted by Gasteiger charge is 2.57. The van der Waals surface area contributed by atoms with Crippen molar-refractivity contribution in [3.05, 3.63) is 291 Å². The molecule has 4 atom stereocenters. The van der Waals surface area contributed by atoms with Crippen LogP contribution in [0.15, 0.2) is 286 Å². The van der Waals surface area contributed by atoms with Crippen LogP contribution in [0.3, 0.4) is 0 Å². The van der Waals surface area contributed by atoms with Gasteiger partial charge in [0.25, 0.3) is 33.3 Å². The number of ether oxygens (including phenoxy) is 1. The lowest BCUT2D eigenvalue weighted by Gasteiger charge is -2.49. The molecule has 0 amide bonds. The Balaban J connectivity index is 1.31. The first kappa shape index (κ1) is 68.7. The van der Waals surface area contributed by atoms with Crippen molar-refractivity contribution in [2.75, 3.05) is 6.61 Å². The van der Waals surface area contributed by atoms with E-state index in [1.165, 1.54) is 41.5 Å². The molecular formula is C82H100O5Si4. The molecule has 91 heavy (non-hydrogen) atoms. The summed E-state index contributed by atoms with van der Waals surface area (Å²) in [5.74, 6) is 0. The molecule has 474 valence electrons. The van der Waals surface area contributed by atoms with Gasteiger partial charge in [-0.25, -0.2) is 0 Å². The predicted molar refractivity (Wildman–Crippen MR) is 395 cm³/mol. The maximum absolute atomic E-state index is 8.75. The smallest absolute Gasteiger partial charge is 0.261 e. The summed E-state index contributed by atoms with van der Waals surface area (Å²) in [6, 6.07) is 99.2. The van der Waals surface area contributed by atoms with Crippen LogP contribution in [-0.4, -0.2) is 64.3 Å². The molecule has 0 spiro atoms. The molecule has 0 N–H and O–H groups in total. The van der Waals surface area contributed by atoms with Gasteiger partial charge in [-0.05, 0) is 86.5 Å². The number of benzene rings is 9. The third kappa shape index (κ3) is 15.2. The number of hydrogen-bond acceptors (Lipinski definition) is 5. The lowest BCUT2D eigenvalue weighted by molar-refractivity contribution is 0.0283. The lowest BCUT2D eigenvalue weighted by Crippen LogP contribution is -2.70. The van der Waals surface area contributed by atoms with Gasteiger partial charge in [-0.2, -0.15) is 0 Å². The molecule has 9 heteroatoms. The first-order valence-corrected chi connectivity index (χ1v) is 40.6. The predicted octanol–water partition coefficient (Wildman–Crippen LogP) is 15.7. The second-order valence-corrected chi connectivity index (χ2v) is 45.8. The minimum Gasteiger partial charge on any atom is -0.404 e. The van der Waals surface area contributed by atoms with Gasteiger partial charge < -0.3 is 22.4 Å². The summed E-state index contributed by atoms with van der Waals surface area (Å²) in [4.78, 5) is 0. The third-order valence-corrected chi connectivity index (χ3v) is 38.9. The molecule has 0 bridgehead atoms. The Morgan fingerprint density at radius 1 is 0.297 bits per heavy atom. The van der Waals surface area contributed by atoms with Crippen LogP contribution in [0, 0.1) is 0 Å². The highest BCUT2D eigenvalue weighted by Crippen LogP contribution is 2.45. The van der Waals surface area contributed by atoms with Gasteiger partial charge in [-0.1, -0.05) is 362 Å². The first-order chi connectivity index (χ1) is 43.6.